The number of aliphatic hydroxyl groups excluding tert-OH is 2. The molecule has 0 aromatic carbocycles. The van der Waals surface area contributed by atoms with Crippen molar-refractivity contribution in [3.63, 3.8) is 0 Å². The van der Waals surface area contributed by atoms with Crippen LogP contribution in [0.3, 0.4) is 0 Å². The van der Waals surface area contributed by atoms with E-state index in [1.807, 2.05) is 0 Å². The fourth-order valence-corrected chi connectivity index (χ4v) is 8.66. The number of nitrogens with one attached hydrogen (secondary N) is 1. The fourth-order valence-electron chi connectivity index (χ4n) is 8.66. The minimum Gasteiger partial charge on any atom is -0.462 e. The van der Waals surface area contributed by atoms with E-state index >= 15 is 0 Å². The second-order valence-electron chi connectivity index (χ2n) is 19.7. The van der Waals surface area contributed by atoms with E-state index in [-0.39, 0.29) is 24.9 Å². The number of rotatable bonds is 52. The van der Waals surface area contributed by atoms with Crippen LogP contribution in [0.5, 0.6) is 0 Å². The number of unbranched alkanes of at least 4 members (excludes halogenated alkanes) is 31. The third-order valence-corrected chi connectivity index (χ3v) is 13.1. The van der Waals surface area contributed by atoms with E-state index in [1.165, 1.54) is 161 Å². The average Bonchev–Trinajstić information content (AvgIpc) is 3.32. The summed E-state index contributed by atoms with van der Waals surface area (Å²) in [5.74, 6) is -0.536. The number of allylic oxidation sites excluding steroid dienone is 10. The number of carbonyl (C=O) groups excluding carboxylic acids is 2. The lowest BCUT2D eigenvalue weighted by Crippen LogP contribution is -2.46. The summed E-state index contributed by atoms with van der Waals surface area (Å²) in [7, 11) is 0. The third kappa shape index (κ3) is 49.8. The molecule has 0 saturated carbocycles. The number of amides is 1. The van der Waals surface area contributed by atoms with E-state index in [9.17, 15) is 19.8 Å². The molecule has 0 aromatic heterocycles. The van der Waals surface area contributed by atoms with Gasteiger partial charge in [0.05, 0.1) is 25.2 Å². The Morgan fingerprint density at radius 3 is 1.28 bits per heavy atom. The highest BCUT2D eigenvalue weighted by Crippen LogP contribution is 2.18. The molecule has 0 aliphatic carbocycles. The second-order valence-corrected chi connectivity index (χ2v) is 19.7. The van der Waals surface area contributed by atoms with Gasteiger partial charge in [0.25, 0.3) is 0 Å². The number of carbonyl (C=O) groups is 2. The zero-order valence-electron chi connectivity index (χ0n) is 44.5. The van der Waals surface area contributed by atoms with Crippen LogP contribution in [0.2, 0.25) is 0 Å². The van der Waals surface area contributed by atoms with Crippen LogP contribution in [-0.4, -0.2) is 46.9 Å². The van der Waals surface area contributed by atoms with E-state index in [1.54, 1.807) is 0 Å². The van der Waals surface area contributed by atoms with Crippen LogP contribution in [-0.2, 0) is 14.3 Å². The molecule has 6 heteroatoms. The third-order valence-electron chi connectivity index (χ3n) is 13.1. The largest absolute Gasteiger partial charge is 0.462 e. The monoisotopic (exact) mass is 938 g/mol. The van der Waals surface area contributed by atoms with Crippen LogP contribution in [0.25, 0.3) is 0 Å². The summed E-state index contributed by atoms with van der Waals surface area (Å²) >= 11 is 0. The minimum atomic E-state index is -0.805. The molecule has 0 radical (unpaired) electrons. The molecule has 0 rings (SSSR count). The fraction of sp³-hybridized carbons (Fsp3) is 0.803. The lowest BCUT2D eigenvalue weighted by molar-refractivity contribution is -0.151. The lowest BCUT2D eigenvalue weighted by atomic mass is 10.0. The van der Waals surface area contributed by atoms with E-state index in [0.29, 0.717) is 19.3 Å². The van der Waals surface area contributed by atoms with E-state index in [2.05, 4.69) is 86.8 Å². The van der Waals surface area contributed by atoms with Crippen LogP contribution >= 0.6 is 0 Å². The molecule has 3 unspecified atom stereocenters. The van der Waals surface area contributed by atoms with Gasteiger partial charge in [-0.3, -0.25) is 9.59 Å². The van der Waals surface area contributed by atoms with Crippen LogP contribution < -0.4 is 5.32 Å². The summed E-state index contributed by atoms with van der Waals surface area (Å²) in [6.45, 7) is 6.46. The predicted octanol–water partition coefficient (Wildman–Crippen LogP) is 18.0. The molecule has 0 aliphatic heterocycles. The molecule has 0 spiro atoms. The Morgan fingerprint density at radius 2 is 0.806 bits per heavy atom. The number of hydrogen-bond acceptors (Lipinski definition) is 5. The Hall–Kier alpha value is -2.44. The standard InChI is InChI=1S/C61H111NO5/c1-4-7-10-13-16-19-22-25-28-30-32-35-38-41-44-47-50-53-59(64)58(56-63)62-60(65)55-57(52-49-46-43-40-37-34-31-27-24-21-18-15-12-9-6-3)67-61(66)54-51-48-45-42-39-36-33-29-26-23-20-17-14-11-8-5-2/h18,21,27,29,31,33,36-37,39-40,57-59,63-64H,4-17,19-20,22-26,28,30,32,34-35,38,41-56H2,1-3H3,(H,62,65)/b21-18-,31-27-,33-29+,39-36+,40-37-. The molecule has 3 atom stereocenters. The molecule has 0 aromatic rings. The summed E-state index contributed by atoms with van der Waals surface area (Å²) in [5.41, 5.74) is 0. The number of esters is 1. The van der Waals surface area contributed by atoms with Crippen molar-refractivity contribution in [2.75, 3.05) is 6.61 Å². The van der Waals surface area contributed by atoms with Crippen molar-refractivity contribution in [2.45, 2.75) is 309 Å². The molecular formula is C61H111NO5. The first-order valence-electron chi connectivity index (χ1n) is 29.0. The second kappa shape index (κ2) is 54.5. The first-order chi connectivity index (χ1) is 33.0. The zero-order chi connectivity index (χ0) is 48.8. The molecule has 0 saturated heterocycles. The van der Waals surface area contributed by atoms with Crippen molar-refractivity contribution in [2.24, 2.45) is 0 Å². The first kappa shape index (κ1) is 64.6. The van der Waals surface area contributed by atoms with E-state index < -0.39 is 18.2 Å². The highest BCUT2D eigenvalue weighted by molar-refractivity contribution is 5.77. The van der Waals surface area contributed by atoms with E-state index in [0.717, 1.165) is 83.5 Å². The van der Waals surface area contributed by atoms with Crippen LogP contribution in [0.4, 0.5) is 0 Å². The lowest BCUT2D eigenvalue weighted by Gasteiger charge is -2.24. The maximum Gasteiger partial charge on any atom is 0.306 e. The van der Waals surface area contributed by atoms with Crippen molar-refractivity contribution in [3.8, 4) is 0 Å². The van der Waals surface area contributed by atoms with Gasteiger partial charge in [-0.15, -0.1) is 0 Å². The van der Waals surface area contributed by atoms with Gasteiger partial charge in [-0.05, 0) is 89.9 Å². The van der Waals surface area contributed by atoms with Crippen LogP contribution in [0.15, 0.2) is 60.8 Å². The Labute approximate surface area is 416 Å². The molecular weight excluding hydrogens is 827 g/mol. The van der Waals surface area contributed by atoms with Gasteiger partial charge in [0.2, 0.25) is 5.91 Å². The first-order valence-corrected chi connectivity index (χ1v) is 29.0. The van der Waals surface area contributed by atoms with Gasteiger partial charge in [-0.25, -0.2) is 0 Å². The van der Waals surface area contributed by atoms with Gasteiger partial charge in [0, 0.05) is 6.42 Å². The van der Waals surface area contributed by atoms with Gasteiger partial charge in [-0.1, -0.05) is 248 Å². The minimum absolute atomic E-state index is 0.0407. The molecule has 0 aliphatic rings. The van der Waals surface area contributed by atoms with E-state index in [4.69, 9.17) is 4.74 Å². The van der Waals surface area contributed by atoms with Crippen molar-refractivity contribution >= 4 is 11.9 Å². The number of ether oxygens (including phenoxy) is 1. The van der Waals surface area contributed by atoms with Gasteiger partial charge in [0.15, 0.2) is 0 Å². The van der Waals surface area contributed by atoms with Crippen molar-refractivity contribution in [1.82, 2.24) is 5.32 Å². The Bertz CT molecular complexity index is 1190. The summed E-state index contributed by atoms with van der Waals surface area (Å²) < 4.78 is 5.93. The predicted molar refractivity (Wildman–Crippen MR) is 292 cm³/mol. The van der Waals surface area contributed by atoms with Crippen LogP contribution in [0.1, 0.15) is 290 Å². The average molecular weight is 939 g/mol. The highest BCUT2D eigenvalue weighted by Gasteiger charge is 2.24. The normalized spacial score (nSPS) is 13.6. The summed E-state index contributed by atoms with van der Waals surface area (Å²) in [5, 5.41) is 23.9. The molecule has 3 N–H and O–H groups in total. The zero-order valence-corrected chi connectivity index (χ0v) is 44.5. The van der Waals surface area contributed by atoms with Gasteiger partial charge in [0.1, 0.15) is 6.10 Å². The summed E-state index contributed by atoms with van der Waals surface area (Å²) in [6, 6.07) is -0.722. The Balaban J connectivity index is 4.63. The highest BCUT2D eigenvalue weighted by atomic mass is 16.5. The number of aliphatic hydroxyl groups is 2. The van der Waals surface area contributed by atoms with Crippen LogP contribution in [0, 0.1) is 0 Å². The summed E-state index contributed by atoms with van der Waals surface area (Å²) in [6.07, 6.45) is 68.6. The van der Waals surface area contributed by atoms with Gasteiger partial charge >= 0.3 is 5.97 Å². The smallest absolute Gasteiger partial charge is 0.306 e. The van der Waals surface area contributed by atoms with Crippen molar-refractivity contribution in [1.29, 1.82) is 0 Å². The quantitative estimate of drug-likeness (QED) is 0.0244. The van der Waals surface area contributed by atoms with Gasteiger partial charge < -0.3 is 20.3 Å². The molecule has 1 amide bonds. The van der Waals surface area contributed by atoms with Gasteiger partial charge in [-0.2, -0.15) is 0 Å². The molecule has 6 nitrogen and oxygen atoms in total. The van der Waals surface area contributed by atoms with Crippen molar-refractivity contribution in [3.05, 3.63) is 60.8 Å². The SMILES string of the molecule is CCCCC/C=C\C/C=C\C/C=C\CCCCC(CC(=O)NC(CO)C(O)CCCCCCCCCCCCCCCCCCC)OC(=O)CCCCC/C=C/C=C/CCCCCCCCC. The topological polar surface area (TPSA) is 95.9 Å². The summed E-state index contributed by atoms with van der Waals surface area (Å²) in [4.78, 5) is 26.2. The Kier molecular flexibility index (Phi) is 52.5. The molecule has 0 fully saturated rings. The van der Waals surface area contributed by atoms with Crippen molar-refractivity contribution < 1.29 is 24.5 Å². The molecule has 390 valence electrons. The Morgan fingerprint density at radius 1 is 0.448 bits per heavy atom. The molecule has 0 bridgehead atoms. The maximum absolute atomic E-state index is 13.3. The maximum atomic E-state index is 13.3. The molecule has 67 heavy (non-hydrogen) atoms. The molecule has 0 heterocycles. The number of hydrogen-bond donors (Lipinski definition) is 3.